The third kappa shape index (κ3) is 2.61. The van der Waals surface area contributed by atoms with Crippen LogP contribution in [0.3, 0.4) is 0 Å². The van der Waals surface area contributed by atoms with E-state index in [1.165, 1.54) is 0 Å². The second-order valence-electron chi connectivity index (χ2n) is 3.22. The molecule has 0 saturated carbocycles. The van der Waals surface area contributed by atoms with Crippen LogP contribution in [0.5, 0.6) is 0 Å². The molecule has 0 aliphatic carbocycles. The van der Waals surface area contributed by atoms with Crippen molar-refractivity contribution in [2.75, 3.05) is 0 Å². The molecule has 2 aromatic rings. The third-order valence-electron chi connectivity index (χ3n) is 2.15. The van der Waals surface area contributed by atoms with Crippen molar-refractivity contribution in [3.8, 4) is 11.1 Å². The summed E-state index contributed by atoms with van der Waals surface area (Å²) in [7, 11) is 0. The first kappa shape index (κ1) is 12.8. The standard InChI is InChI=1S/C12H6Br4/c13-7-5-10(15)12(11(16)6-7)8-3-1-2-4-9(8)14/h1-6H. The molecule has 0 spiro atoms. The Balaban J connectivity index is 2.70. The average Bonchev–Trinajstić information content (AvgIpc) is 2.19. The molecular weight excluding hydrogens is 464 g/mol. The molecule has 0 radical (unpaired) electrons. The highest BCUT2D eigenvalue weighted by molar-refractivity contribution is 9.11. The van der Waals surface area contributed by atoms with E-state index < -0.39 is 0 Å². The van der Waals surface area contributed by atoms with Crippen LogP contribution in [0.15, 0.2) is 54.3 Å². The van der Waals surface area contributed by atoms with Gasteiger partial charge in [-0.05, 0) is 23.8 Å². The molecule has 0 heterocycles. The molecule has 0 fully saturated rings. The van der Waals surface area contributed by atoms with E-state index in [-0.39, 0.29) is 0 Å². The molecule has 0 aromatic heterocycles. The van der Waals surface area contributed by atoms with E-state index in [1.807, 2.05) is 30.3 Å². The highest BCUT2D eigenvalue weighted by Gasteiger charge is 2.11. The molecule has 0 bridgehead atoms. The highest BCUT2D eigenvalue weighted by atomic mass is 79.9. The Bertz CT molecular complexity index is 511. The van der Waals surface area contributed by atoms with Gasteiger partial charge in [-0.2, -0.15) is 0 Å². The molecule has 0 nitrogen and oxygen atoms in total. The van der Waals surface area contributed by atoms with Gasteiger partial charge in [0.15, 0.2) is 0 Å². The summed E-state index contributed by atoms with van der Waals surface area (Å²) in [6, 6.07) is 12.2. The maximum Gasteiger partial charge on any atom is 0.0276 e. The summed E-state index contributed by atoms with van der Waals surface area (Å²) in [4.78, 5) is 0. The minimum Gasteiger partial charge on any atom is -0.0616 e. The van der Waals surface area contributed by atoms with Crippen LogP contribution < -0.4 is 0 Å². The Labute approximate surface area is 128 Å². The maximum absolute atomic E-state index is 3.59. The molecule has 2 aromatic carbocycles. The van der Waals surface area contributed by atoms with E-state index in [1.54, 1.807) is 0 Å². The fraction of sp³-hybridized carbons (Fsp3) is 0. The van der Waals surface area contributed by atoms with E-state index in [9.17, 15) is 0 Å². The van der Waals surface area contributed by atoms with Gasteiger partial charge in [0.2, 0.25) is 0 Å². The van der Waals surface area contributed by atoms with Crippen molar-refractivity contribution in [3.05, 3.63) is 54.3 Å². The summed E-state index contributed by atoms with van der Waals surface area (Å²) >= 11 is 14.2. The molecule has 2 rings (SSSR count). The van der Waals surface area contributed by atoms with Crippen LogP contribution in [0.1, 0.15) is 0 Å². The molecule has 0 amide bonds. The molecule has 4 heteroatoms. The van der Waals surface area contributed by atoms with Gasteiger partial charge in [0.25, 0.3) is 0 Å². The summed E-state index contributed by atoms with van der Waals surface area (Å²) < 4.78 is 4.24. The molecular formula is C12H6Br4. The van der Waals surface area contributed by atoms with Gasteiger partial charge in [-0.3, -0.25) is 0 Å². The molecule has 0 saturated heterocycles. The lowest BCUT2D eigenvalue weighted by Gasteiger charge is -2.10. The molecule has 0 aliphatic rings. The molecule has 0 unspecified atom stereocenters. The van der Waals surface area contributed by atoms with Crippen LogP contribution in [-0.4, -0.2) is 0 Å². The predicted octanol–water partition coefficient (Wildman–Crippen LogP) is 6.40. The second-order valence-corrected chi connectivity index (χ2v) is 6.70. The summed E-state index contributed by atoms with van der Waals surface area (Å²) in [5, 5.41) is 0. The van der Waals surface area contributed by atoms with Crippen LogP contribution in [0.2, 0.25) is 0 Å². The normalized spacial score (nSPS) is 10.5. The molecule has 16 heavy (non-hydrogen) atoms. The predicted molar refractivity (Wildman–Crippen MR) is 82.7 cm³/mol. The van der Waals surface area contributed by atoms with Gasteiger partial charge < -0.3 is 0 Å². The molecule has 0 atom stereocenters. The Morgan fingerprint density at radius 1 is 0.688 bits per heavy atom. The van der Waals surface area contributed by atoms with Crippen molar-refractivity contribution < 1.29 is 0 Å². The smallest absolute Gasteiger partial charge is 0.0276 e. The first-order chi connectivity index (χ1) is 7.59. The van der Waals surface area contributed by atoms with Gasteiger partial charge in [-0.1, -0.05) is 81.9 Å². The van der Waals surface area contributed by atoms with E-state index in [4.69, 9.17) is 0 Å². The lowest BCUT2D eigenvalue weighted by atomic mass is 10.1. The van der Waals surface area contributed by atoms with Crippen molar-refractivity contribution >= 4 is 63.7 Å². The summed E-state index contributed by atoms with van der Waals surface area (Å²) in [6.07, 6.45) is 0. The van der Waals surface area contributed by atoms with Crippen LogP contribution in [-0.2, 0) is 0 Å². The van der Waals surface area contributed by atoms with E-state index in [0.717, 1.165) is 29.0 Å². The monoisotopic (exact) mass is 466 g/mol. The molecule has 0 aliphatic heterocycles. The van der Waals surface area contributed by atoms with Crippen LogP contribution in [0.4, 0.5) is 0 Å². The average molecular weight is 470 g/mol. The Hall–Kier alpha value is 0.360. The van der Waals surface area contributed by atoms with E-state index in [2.05, 4.69) is 69.8 Å². The SMILES string of the molecule is Brc1cc(Br)c(-c2ccccc2Br)c(Br)c1. The minimum absolute atomic E-state index is 1.04. The van der Waals surface area contributed by atoms with Gasteiger partial charge in [-0.25, -0.2) is 0 Å². The minimum atomic E-state index is 1.04. The topological polar surface area (TPSA) is 0 Å². The van der Waals surface area contributed by atoms with Gasteiger partial charge in [0, 0.05) is 23.5 Å². The molecule has 82 valence electrons. The van der Waals surface area contributed by atoms with Gasteiger partial charge in [-0.15, -0.1) is 0 Å². The fourth-order valence-electron chi connectivity index (χ4n) is 1.46. The second kappa shape index (κ2) is 5.34. The van der Waals surface area contributed by atoms with Crippen LogP contribution >= 0.6 is 63.7 Å². The Morgan fingerprint density at radius 3 is 1.81 bits per heavy atom. The Kier molecular flexibility index (Phi) is 4.27. The van der Waals surface area contributed by atoms with Crippen molar-refractivity contribution in [1.29, 1.82) is 0 Å². The number of hydrogen-bond acceptors (Lipinski definition) is 0. The van der Waals surface area contributed by atoms with Crippen LogP contribution in [0, 0.1) is 0 Å². The quantitative estimate of drug-likeness (QED) is 0.453. The number of hydrogen-bond donors (Lipinski definition) is 0. The lowest BCUT2D eigenvalue weighted by Crippen LogP contribution is -1.84. The van der Waals surface area contributed by atoms with E-state index in [0.29, 0.717) is 0 Å². The zero-order valence-electron chi connectivity index (χ0n) is 7.98. The van der Waals surface area contributed by atoms with Crippen molar-refractivity contribution in [2.45, 2.75) is 0 Å². The number of rotatable bonds is 1. The van der Waals surface area contributed by atoms with E-state index >= 15 is 0 Å². The summed E-state index contributed by atoms with van der Waals surface area (Å²) in [5.74, 6) is 0. The Morgan fingerprint density at radius 2 is 1.25 bits per heavy atom. The zero-order valence-corrected chi connectivity index (χ0v) is 14.3. The largest absolute Gasteiger partial charge is 0.0616 e. The summed E-state index contributed by atoms with van der Waals surface area (Å²) in [6.45, 7) is 0. The van der Waals surface area contributed by atoms with Crippen LogP contribution in [0.25, 0.3) is 11.1 Å². The summed E-state index contributed by atoms with van der Waals surface area (Å²) in [5.41, 5.74) is 2.31. The first-order valence-electron chi connectivity index (χ1n) is 4.49. The maximum atomic E-state index is 3.59. The number of benzene rings is 2. The highest BCUT2D eigenvalue weighted by Crippen LogP contribution is 2.40. The number of halogens is 4. The molecule has 0 N–H and O–H groups in total. The first-order valence-corrected chi connectivity index (χ1v) is 7.66. The van der Waals surface area contributed by atoms with Gasteiger partial charge >= 0.3 is 0 Å². The zero-order chi connectivity index (χ0) is 11.7. The van der Waals surface area contributed by atoms with Crippen molar-refractivity contribution in [1.82, 2.24) is 0 Å². The van der Waals surface area contributed by atoms with Crippen molar-refractivity contribution in [3.63, 3.8) is 0 Å². The van der Waals surface area contributed by atoms with Gasteiger partial charge in [0.05, 0.1) is 0 Å². The lowest BCUT2D eigenvalue weighted by molar-refractivity contribution is 1.50. The third-order valence-corrected chi connectivity index (χ3v) is 4.55. The van der Waals surface area contributed by atoms with Gasteiger partial charge in [0.1, 0.15) is 0 Å². The fourth-order valence-corrected chi connectivity index (χ4v) is 4.63. The van der Waals surface area contributed by atoms with Crippen molar-refractivity contribution in [2.24, 2.45) is 0 Å².